The Morgan fingerprint density at radius 2 is 1.81 bits per heavy atom. The van der Waals surface area contributed by atoms with Gasteiger partial charge in [0.25, 0.3) is 0 Å². The van der Waals surface area contributed by atoms with E-state index in [9.17, 15) is 13.2 Å². The van der Waals surface area contributed by atoms with Crippen LogP contribution in [0.3, 0.4) is 0 Å². The molecule has 7 heteroatoms. The number of nitrogens with zero attached hydrogens (tertiary/aromatic N) is 1. The third-order valence-corrected chi connectivity index (χ3v) is 6.62. The summed E-state index contributed by atoms with van der Waals surface area (Å²) in [5.74, 6) is -0.160. The number of anilines is 1. The summed E-state index contributed by atoms with van der Waals surface area (Å²) in [6, 6.07) is 12.1. The number of morpholine rings is 1. The van der Waals surface area contributed by atoms with E-state index in [4.69, 9.17) is 4.74 Å². The fourth-order valence-electron chi connectivity index (χ4n) is 2.90. The average molecular weight is 388 g/mol. The smallest absolute Gasteiger partial charge is 0.243 e. The second kappa shape index (κ2) is 8.21. The van der Waals surface area contributed by atoms with Crippen LogP contribution in [-0.4, -0.2) is 51.4 Å². The van der Waals surface area contributed by atoms with Crippen LogP contribution in [0.2, 0.25) is 0 Å². The Bertz CT molecular complexity index is 935. The fraction of sp³-hybridized carbons (Fsp3) is 0.350. The Hall–Kier alpha value is -2.22. The van der Waals surface area contributed by atoms with Crippen LogP contribution in [0.5, 0.6) is 0 Å². The molecule has 0 bridgehead atoms. The van der Waals surface area contributed by atoms with Crippen molar-refractivity contribution in [1.82, 2.24) is 4.31 Å². The number of carbonyl (C=O) groups excluding carboxylic acids is 1. The number of ether oxygens (including phenoxy) is 1. The van der Waals surface area contributed by atoms with E-state index in [1.54, 1.807) is 12.1 Å². The quantitative estimate of drug-likeness (QED) is 0.770. The maximum absolute atomic E-state index is 12.8. The summed E-state index contributed by atoms with van der Waals surface area (Å²) in [5.41, 5.74) is 3.57. The van der Waals surface area contributed by atoms with Crippen molar-refractivity contribution in [3.63, 3.8) is 0 Å². The molecule has 1 fully saturated rings. The molecule has 0 spiro atoms. The van der Waals surface area contributed by atoms with Gasteiger partial charge in [0.1, 0.15) is 0 Å². The molecule has 0 atom stereocenters. The first kappa shape index (κ1) is 19.5. The lowest BCUT2D eigenvalue weighted by Gasteiger charge is -2.26. The molecule has 0 saturated carbocycles. The number of sulfonamides is 1. The number of nitrogens with one attached hydrogen (secondary N) is 1. The molecule has 2 aromatic rings. The minimum atomic E-state index is -3.61. The monoisotopic (exact) mass is 388 g/mol. The molecule has 0 aliphatic carbocycles. The van der Waals surface area contributed by atoms with Crippen LogP contribution in [0, 0.1) is 13.8 Å². The van der Waals surface area contributed by atoms with E-state index in [1.807, 2.05) is 32.0 Å². The van der Waals surface area contributed by atoms with Gasteiger partial charge in [-0.15, -0.1) is 0 Å². The minimum absolute atomic E-state index is 0.101. The van der Waals surface area contributed by atoms with Gasteiger partial charge in [-0.3, -0.25) is 4.79 Å². The molecule has 0 amide bonds. The number of hydrogen-bond acceptors (Lipinski definition) is 5. The minimum Gasteiger partial charge on any atom is -0.379 e. The Morgan fingerprint density at radius 1 is 1.07 bits per heavy atom. The number of Topliss-reactive ketones (excluding diaryl/α,β-unsaturated/α-hetero) is 1. The predicted molar refractivity (Wildman–Crippen MR) is 105 cm³/mol. The Morgan fingerprint density at radius 3 is 2.52 bits per heavy atom. The molecule has 0 aromatic heterocycles. The van der Waals surface area contributed by atoms with Crippen molar-refractivity contribution in [1.29, 1.82) is 0 Å². The maximum Gasteiger partial charge on any atom is 0.243 e. The zero-order valence-electron chi connectivity index (χ0n) is 15.6. The molecule has 2 aromatic carbocycles. The van der Waals surface area contributed by atoms with E-state index in [2.05, 4.69) is 5.32 Å². The summed E-state index contributed by atoms with van der Waals surface area (Å²) in [7, 11) is -3.61. The normalized spacial score (nSPS) is 15.5. The molecule has 27 heavy (non-hydrogen) atoms. The molecular weight excluding hydrogens is 364 g/mol. The highest BCUT2D eigenvalue weighted by Gasteiger charge is 2.26. The predicted octanol–water partition coefficient (Wildman–Crippen LogP) is 2.62. The van der Waals surface area contributed by atoms with Crippen LogP contribution < -0.4 is 5.32 Å². The van der Waals surface area contributed by atoms with Gasteiger partial charge in [-0.05, 0) is 49.2 Å². The number of hydrogen-bond donors (Lipinski definition) is 1. The Kier molecular flexibility index (Phi) is 5.94. The van der Waals surface area contributed by atoms with Crippen LogP contribution in [0.4, 0.5) is 5.69 Å². The van der Waals surface area contributed by atoms with Gasteiger partial charge in [0.05, 0.1) is 24.7 Å². The molecule has 0 radical (unpaired) electrons. The van der Waals surface area contributed by atoms with Crippen LogP contribution in [-0.2, 0) is 14.8 Å². The molecule has 1 aliphatic rings. The Labute approximate surface area is 160 Å². The van der Waals surface area contributed by atoms with Gasteiger partial charge in [-0.1, -0.05) is 18.2 Å². The second-order valence-electron chi connectivity index (χ2n) is 6.62. The van der Waals surface area contributed by atoms with Crippen molar-refractivity contribution in [3.8, 4) is 0 Å². The van der Waals surface area contributed by atoms with Crippen molar-refractivity contribution < 1.29 is 17.9 Å². The summed E-state index contributed by atoms with van der Waals surface area (Å²) in [5, 5.41) is 3.11. The molecule has 0 unspecified atom stereocenters. The lowest BCUT2D eigenvalue weighted by molar-refractivity contribution is 0.0730. The molecule has 6 nitrogen and oxygen atoms in total. The van der Waals surface area contributed by atoms with Gasteiger partial charge >= 0.3 is 0 Å². The Balaban J connectivity index is 1.72. The summed E-state index contributed by atoms with van der Waals surface area (Å²) >= 11 is 0. The zero-order chi connectivity index (χ0) is 19.4. The summed E-state index contributed by atoms with van der Waals surface area (Å²) in [6.45, 7) is 5.58. The molecule has 1 N–H and O–H groups in total. The van der Waals surface area contributed by atoms with Gasteiger partial charge in [0.15, 0.2) is 5.78 Å². The number of benzene rings is 2. The molecule has 1 heterocycles. The van der Waals surface area contributed by atoms with Gasteiger partial charge < -0.3 is 10.1 Å². The first-order valence-electron chi connectivity index (χ1n) is 8.90. The summed E-state index contributed by atoms with van der Waals surface area (Å²) < 4.78 is 32.1. The first-order chi connectivity index (χ1) is 12.9. The van der Waals surface area contributed by atoms with Gasteiger partial charge in [-0.2, -0.15) is 4.31 Å². The number of aryl methyl sites for hydroxylation is 2. The lowest BCUT2D eigenvalue weighted by Crippen LogP contribution is -2.40. The third kappa shape index (κ3) is 4.55. The highest BCUT2D eigenvalue weighted by Crippen LogP contribution is 2.19. The van der Waals surface area contributed by atoms with E-state index in [0.29, 0.717) is 31.9 Å². The van der Waals surface area contributed by atoms with Crippen molar-refractivity contribution >= 4 is 21.5 Å². The number of carbonyl (C=O) groups is 1. The van der Waals surface area contributed by atoms with Gasteiger partial charge in [0.2, 0.25) is 10.0 Å². The molecule has 144 valence electrons. The molecule has 1 saturated heterocycles. The van der Waals surface area contributed by atoms with Gasteiger partial charge in [0, 0.05) is 24.3 Å². The molecular formula is C20H24N2O4S. The van der Waals surface area contributed by atoms with E-state index < -0.39 is 10.0 Å². The average Bonchev–Trinajstić information content (AvgIpc) is 2.69. The number of ketones is 1. The molecule has 1 aliphatic heterocycles. The summed E-state index contributed by atoms with van der Waals surface area (Å²) in [6.07, 6.45) is 0. The van der Waals surface area contributed by atoms with E-state index >= 15 is 0 Å². The second-order valence-corrected chi connectivity index (χ2v) is 8.56. The van der Waals surface area contributed by atoms with Crippen molar-refractivity contribution in [2.45, 2.75) is 18.7 Å². The summed E-state index contributed by atoms with van der Waals surface area (Å²) in [4.78, 5) is 12.7. The standard InChI is InChI=1S/C20H24N2O4S/c1-15-6-7-18(12-16(15)2)21-14-20(23)17-4-3-5-19(13-17)27(24,25)22-8-10-26-11-9-22/h3-7,12-13,21H,8-11,14H2,1-2H3. The van der Waals surface area contributed by atoms with E-state index in [-0.39, 0.29) is 17.2 Å². The SMILES string of the molecule is Cc1ccc(NCC(=O)c2cccc(S(=O)(=O)N3CCOCC3)c2)cc1C. The zero-order valence-corrected chi connectivity index (χ0v) is 16.4. The van der Waals surface area contributed by atoms with E-state index in [1.165, 1.54) is 22.0 Å². The topological polar surface area (TPSA) is 75.7 Å². The van der Waals surface area contributed by atoms with E-state index in [0.717, 1.165) is 11.3 Å². The van der Waals surface area contributed by atoms with Crippen LogP contribution >= 0.6 is 0 Å². The molecule has 3 rings (SSSR count). The van der Waals surface area contributed by atoms with Crippen LogP contribution in [0.1, 0.15) is 21.5 Å². The maximum atomic E-state index is 12.8. The van der Waals surface area contributed by atoms with Crippen LogP contribution in [0.25, 0.3) is 0 Å². The van der Waals surface area contributed by atoms with Gasteiger partial charge in [-0.25, -0.2) is 8.42 Å². The third-order valence-electron chi connectivity index (χ3n) is 4.72. The number of rotatable bonds is 6. The van der Waals surface area contributed by atoms with Crippen molar-refractivity contribution in [2.75, 3.05) is 38.2 Å². The fourth-order valence-corrected chi connectivity index (χ4v) is 4.36. The first-order valence-corrected chi connectivity index (χ1v) is 10.3. The van der Waals surface area contributed by atoms with Crippen molar-refractivity contribution in [2.24, 2.45) is 0 Å². The largest absolute Gasteiger partial charge is 0.379 e. The highest BCUT2D eigenvalue weighted by atomic mass is 32.2. The highest BCUT2D eigenvalue weighted by molar-refractivity contribution is 7.89. The van der Waals surface area contributed by atoms with Crippen LogP contribution in [0.15, 0.2) is 47.4 Å². The van der Waals surface area contributed by atoms with Crippen molar-refractivity contribution in [3.05, 3.63) is 59.2 Å². The lowest BCUT2D eigenvalue weighted by atomic mass is 10.1.